The van der Waals surface area contributed by atoms with E-state index < -0.39 is 0 Å². The van der Waals surface area contributed by atoms with E-state index in [0.717, 1.165) is 30.8 Å². The molecule has 1 aliphatic rings. The van der Waals surface area contributed by atoms with Crippen molar-refractivity contribution in [2.45, 2.75) is 32.2 Å². The highest BCUT2D eigenvalue weighted by Crippen LogP contribution is 2.34. The van der Waals surface area contributed by atoms with Crippen molar-refractivity contribution >= 4 is 5.69 Å². The van der Waals surface area contributed by atoms with Gasteiger partial charge in [0.1, 0.15) is 5.75 Å². The minimum atomic E-state index is 0.0177. The summed E-state index contributed by atoms with van der Waals surface area (Å²) >= 11 is 0. The van der Waals surface area contributed by atoms with E-state index in [1.165, 1.54) is 11.1 Å². The zero-order valence-electron chi connectivity index (χ0n) is 10.3. The van der Waals surface area contributed by atoms with E-state index in [2.05, 4.69) is 31.3 Å². The predicted molar refractivity (Wildman–Crippen MR) is 67.1 cm³/mol. The number of rotatable bonds is 4. The molecule has 0 aromatic heterocycles. The van der Waals surface area contributed by atoms with Crippen LogP contribution >= 0.6 is 0 Å². The van der Waals surface area contributed by atoms with Crippen LogP contribution in [0.25, 0.3) is 0 Å². The summed E-state index contributed by atoms with van der Waals surface area (Å²) in [4.78, 5) is 0. The second-order valence-corrected chi connectivity index (χ2v) is 4.85. The standard InChI is InChI=1S/C13H20N2O/c1-9-6-11(12(16-3)7-10(9)2)15-8-13(14)4-5-13/h6-7,15H,4-5,8,14H2,1-3H3. The van der Waals surface area contributed by atoms with Crippen LogP contribution in [0.5, 0.6) is 5.75 Å². The molecule has 3 N–H and O–H groups in total. The number of methoxy groups -OCH3 is 1. The van der Waals surface area contributed by atoms with Gasteiger partial charge < -0.3 is 15.8 Å². The molecule has 0 unspecified atom stereocenters. The summed E-state index contributed by atoms with van der Waals surface area (Å²) < 4.78 is 5.36. The maximum Gasteiger partial charge on any atom is 0.142 e. The zero-order chi connectivity index (χ0) is 11.8. The fourth-order valence-corrected chi connectivity index (χ4v) is 1.71. The van der Waals surface area contributed by atoms with E-state index in [-0.39, 0.29) is 5.54 Å². The van der Waals surface area contributed by atoms with Crippen molar-refractivity contribution in [2.75, 3.05) is 19.0 Å². The Kier molecular flexibility index (Phi) is 2.80. The van der Waals surface area contributed by atoms with Crippen molar-refractivity contribution in [1.82, 2.24) is 0 Å². The van der Waals surface area contributed by atoms with E-state index in [9.17, 15) is 0 Å². The Balaban J connectivity index is 2.14. The van der Waals surface area contributed by atoms with Crippen LogP contribution in [0.3, 0.4) is 0 Å². The molecule has 0 heterocycles. The molecule has 16 heavy (non-hydrogen) atoms. The van der Waals surface area contributed by atoms with Crippen molar-refractivity contribution in [3.05, 3.63) is 23.3 Å². The molecule has 88 valence electrons. The zero-order valence-corrected chi connectivity index (χ0v) is 10.3. The molecular weight excluding hydrogens is 200 g/mol. The van der Waals surface area contributed by atoms with Crippen molar-refractivity contribution in [3.8, 4) is 5.75 Å². The van der Waals surface area contributed by atoms with Crippen LogP contribution in [-0.2, 0) is 0 Å². The first-order valence-electron chi connectivity index (χ1n) is 5.72. The molecule has 0 atom stereocenters. The second-order valence-electron chi connectivity index (χ2n) is 4.85. The Labute approximate surface area is 97.0 Å². The molecule has 0 spiro atoms. The number of hydrogen-bond donors (Lipinski definition) is 2. The molecule has 0 bridgehead atoms. The van der Waals surface area contributed by atoms with Gasteiger partial charge in [0.05, 0.1) is 12.8 Å². The predicted octanol–water partition coefficient (Wildman–Crippen LogP) is 2.22. The normalized spacial score (nSPS) is 17.0. The number of nitrogens with two attached hydrogens (primary N) is 1. The fraction of sp³-hybridized carbons (Fsp3) is 0.538. The highest BCUT2D eigenvalue weighted by Gasteiger charge is 2.37. The van der Waals surface area contributed by atoms with Gasteiger partial charge in [-0.1, -0.05) is 0 Å². The van der Waals surface area contributed by atoms with Gasteiger partial charge in [0.15, 0.2) is 0 Å². The summed E-state index contributed by atoms with van der Waals surface area (Å²) in [5, 5.41) is 3.38. The first-order chi connectivity index (χ1) is 7.54. The average Bonchev–Trinajstić information content (AvgIpc) is 2.98. The quantitative estimate of drug-likeness (QED) is 0.818. The molecule has 0 aliphatic heterocycles. The van der Waals surface area contributed by atoms with Crippen LogP contribution in [0, 0.1) is 13.8 Å². The molecule has 0 radical (unpaired) electrons. The third-order valence-corrected chi connectivity index (χ3v) is 3.34. The maximum absolute atomic E-state index is 6.05. The molecule has 0 saturated heterocycles. The van der Waals surface area contributed by atoms with Crippen LogP contribution in [0.1, 0.15) is 24.0 Å². The van der Waals surface area contributed by atoms with Crippen molar-refractivity contribution in [2.24, 2.45) is 5.73 Å². The summed E-state index contributed by atoms with van der Waals surface area (Å²) in [6.07, 6.45) is 2.24. The topological polar surface area (TPSA) is 47.3 Å². The lowest BCUT2D eigenvalue weighted by Gasteiger charge is -2.16. The van der Waals surface area contributed by atoms with E-state index in [0.29, 0.717) is 0 Å². The van der Waals surface area contributed by atoms with Gasteiger partial charge in [0, 0.05) is 12.1 Å². The van der Waals surface area contributed by atoms with Gasteiger partial charge in [-0.2, -0.15) is 0 Å². The van der Waals surface area contributed by atoms with Crippen LogP contribution < -0.4 is 15.8 Å². The number of anilines is 1. The summed E-state index contributed by atoms with van der Waals surface area (Å²) in [5.41, 5.74) is 9.63. The van der Waals surface area contributed by atoms with Crippen LogP contribution in [0.15, 0.2) is 12.1 Å². The number of ether oxygens (including phenoxy) is 1. The first kappa shape index (κ1) is 11.3. The molecular formula is C13H20N2O. The van der Waals surface area contributed by atoms with E-state index in [1.807, 2.05) is 0 Å². The second kappa shape index (κ2) is 3.98. The van der Waals surface area contributed by atoms with Gasteiger partial charge in [-0.3, -0.25) is 0 Å². The van der Waals surface area contributed by atoms with Crippen LogP contribution in [0.2, 0.25) is 0 Å². The summed E-state index contributed by atoms with van der Waals surface area (Å²) in [6, 6.07) is 4.19. The lowest BCUT2D eigenvalue weighted by atomic mass is 10.1. The molecule has 1 saturated carbocycles. The van der Waals surface area contributed by atoms with Gasteiger partial charge in [0.2, 0.25) is 0 Å². The summed E-state index contributed by atoms with van der Waals surface area (Å²) in [5.74, 6) is 0.896. The number of benzene rings is 1. The van der Waals surface area contributed by atoms with E-state index >= 15 is 0 Å². The number of hydrogen-bond acceptors (Lipinski definition) is 3. The van der Waals surface area contributed by atoms with E-state index in [4.69, 9.17) is 10.5 Å². The van der Waals surface area contributed by atoms with Gasteiger partial charge >= 0.3 is 0 Å². The highest BCUT2D eigenvalue weighted by molar-refractivity contribution is 5.60. The van der Waals surface area contributed by atoms with Crippen molar-refractivity contribution in [3.63, 3.8) is 0 Å². The summed E-state index contributed by atoms with van der Waals surface area (Å²) in [6.45, 7) is 5.02. The third kappa shape index (κ3) is 2.30. The molecule has 3 nitrogen and oxygen atoms in total. The minimum absolute atomic E-state index is 0.0177. The number of aryl methyl sites for hydroxylation is 2. The Bertz CT molecular complexity index is 397. The van der Waals surface area contributed by atoms with Crippen molar-refractivity contribution in [1.29, 1.82) is 0 Å². The Morgan fingerprint density at radius 3 is 2.50 bits per heavy atom. The summed E-state index contributed by atoms with van der Waals surface area (Å²) in [7, 11) is 1.70. The Morgan fingerprint density at radius 1 is 1.31 bits per heavy atom. The van der Waals surface area contributed by atoms with Gasteiger partial charge in [-0.25, -0.2) is 0 Å². The SMILES string of the molecule is COc1cc(C)c(C)cc1NCC1(N)CC1. The van der Waals surface area contributed by atoms with Crippen molar-refractivity contribution < 1.29 is 4.74 Å². The highest BCUT2D eigenvalue weighted by atomic mass is 16.5. The molecule has 2 rings (SSSR count). The van der Waals surface area contributed by atoms with Gasteiger partial charge in [-0.15, -0.1) is 0 Å². The average molecular weight is 220 g/mol. The molecule has 1 fully saturated rings. The molecule has 0 amide bonds. The molecule has 1 aliphatic carbocycles. The largest absolute Gasteiger partial charge is 0.495 e. The minimum Gasteiger partial charge on any atom is -0.495 e. The lowest BCUT2D eigenvalue weighted by molar-refractivity contribution is 0.416. The maximum atomic E-state index is 6.05. The molecule has 1 aromatic rings. The van der Waals surface area contributed by atoms with E-state index in [1.54, 1.807) is 7.11 Å². The van der Waals surface area contributed by atoms with Gasteiger partial charge in [-0.05, 0) is 49.9 Å². The molecule has 1 aromatic carbocycles. The fourth-order valence-electron chi connectivity index (χ4n) is 1.71. The molecule has 3 heteroatoms. The van der Waals surface area contributed by atoms with Crippen LogP contribution in [0.4, 0.5) is 5.69 Å². The van der Waals surface area contributed by atoms with Crippen LogP contribution in [-0.4, -0.2) is 19.2 Å². The Hall–Kier alpha value is -1.22. The third-order valence-electron chi connectivity index (χ3n) is 3.34. The lowest BCUT2D eigenvalue weighted by Crippen LogP contribution is -2.31. The smallest absolute Gasteiger partial charge is 0.142 e. The number of nitrogens with one attached hydrogen (secondary N) is 1. The first-order valence-corrected chi connectivity index (χ1v) is 5.72. The monoisotopic (exact) mass is 220 g/mol. The van der Waals surface area contributed by atoms with Gasteiger partial charge in [0.25, 0.3) is 0 Å². The Morgan fingerprint density at radius 2 is 1.94 bits per heavy atom.